The molecule has 1 fully saturated rings. The zero-order valence-corrected chi connectivity index (χ0v) is 11.7. The summed E-state index contributed by atoms with van der Waals surface area (Å²) in [5, 5.41) is 3.94. The first-order chi connectivity index (χ1) is 10.2. The summed E-state index contributed by atoms with van der Waals surface area (Å²) in [5.74, 6) is -0.0292. The van der Waals surface area contributed by atoms with Crippen LogP contribution in [0, 0.1) is 0 Å². The summed E-state index contributed by atoms with van der Waals surface area (Å²) in [4.78, 5) is 12.0. The van der Waals surface area contributed by atoms with Crippen molar-refractivity contribution in [3.8, 4) is 0 Å². The van der Waals surface area contributed by atoms with Crippen LogP contribution in [0.15, 0.2) is 42.4 Å². The van der Waals surface area contributed by atoms with Gasteiger partial charge in [0.05, 0.1) is 6.33 Å². The van der Waals surface area contributed by atoms with Crippen LogP contribution < -0.4 is 11.1 Å². The van der Waals surface area contributed by atoms with Crippen LogP contribution in [-0.2, 0) is 6.54 Å². The van der Waals surface area contributed by atoms with Crippen molar-refractivity contribution in [3.05, 3.63) is 47.9 Å². The Kier molecular flexibility index (Phi) is 3.75. The molecule has 0 saturated heterocycles. The number of halogens is 1. The average Bonchev–Trinajstić information content (AvgIpc) is 3.23. The third-order valence-corrected chi connectivity index (χ3v) is 3.74. The van der Waals surface area contributed by atoms with E-state index in [1.807, 2.05) is 29.0 Å². The Morgan fingerprint density at radius 1 is 1.43 bits per heavy atom. The zero-order chi connectivity index (χ0) is 14.8. The van der Waals surface area contributed by atoms with Crippen molar-refractivity contribution in [3.63, 3.8) is 0 Å². The fourth-order valence-corrected chi connectivity index (χ4v) is 2.34. The Hall–Kier alpha value is -2.14. The van der Waals surface area contributed by atoms with Crippen molar-refractivity contribution in [1.82, 2.24) is 9.88 Å². The molecule has 110 valence electrons. The minimum atomic E-state index is -0.0292. The molecule has 1 heterocycles. The van der Waals surface area contributed by atoms with Crippen molar-refractivity contribution in [1.29, 1.82) is 0 Å². The fourth-order valence-electron chi connectivity index (χ4n) is 2.34. The molecule has 4 nitrogen and oxygen atoms in total. The molecule has 1 amide bonds. The Balaban J connectivity index is 1.84. The molecule has 3 N–H and O–H groups in total. The smallest absolute Gasteiger partial charge is 0.251 e. The van der Waals surface area contributed by atoms with Gasteiger partial charge in [-0.05, 0) is 42.7 Å². The molecule has 5 heteroatoms. The highest BCUT2D eigenvalue weighted by molar-refractivity contribution is 5.98. The third-order valence-electron chi connectivity index (χ3n) is 3.74. The van der Waals surface area contributed by atoms with E-state index in [9.17, 15) is 9.18 Å². The van der Waals surface area contributed by atoms with Gasteiger partial charge in [-0.3, -0.25) is 4.79 Å². The highest BCUT2D eigenvalue weighted by Crippen LogP contribution is 2.22. The zero-order valence-electron chi connectivity index (χ0n) is 11.7. The van der Waals surface area contributed by atoms with Gasteiger partial charge in [0.25, 0.3) is 5.91 Å². The second kappa shape index (κ2) is 5.69. The van der Waals surface area contributed by atoms with E-state index >= 15 is 0 Å². The molecule has 1 aromatic heterocycles. The maximum atomic E-state index is 12.6. The van der Waals surface area contributed by atoms with E-state index in [1.54, 1.807) is 6.07 Å². The fraction of sp³-hybridized carbons (Fsp3) is 0.312. The Morgan fingerprint density at radius 3 is 2.90 bits per heavy atom. The van der Waals surface area contributed by atoms with Gasteiger partial charge in [0.1, 0.15) is 0 Å². The van der Waals surface area contributed by atoms with E-state index in [1.165, 1.54) is 0 Å². The van der Waals surface area contributed by atoms with Crippen molar-refractivity contribution in [2.75, 3.05) is 6.54 Å². The van der Waals surface area contributed by atoms with Crippen LogP contribution in [0.25, 0.3) is 10.9 Å². The van der Waals surface area contributed by atoms with Gasteiger partial charge >= 0.3 is 0 Å². The SMILES string of the molecule is NC/C(=C\F)Cn1ccc2cc(C(=O)NC3CC3)ccc21. The summed E-state index contributed by atoms with van der Waals surface area (Å²) >= 11 is 0. The van der Waals surface area contributed by atoms with Crippen molar-refractivity contribution >= 4 is 16.8 Å². The first-order valence-corrected chi connectivity index (χ1v) is 7.09. The van der Waals surface area contributed by atoms with Crippen LogP contribution in [0.4, 0.5) is 4.39 Å². The number of amides is 1. The molecule has 0 aliphatic heterocycles. The molecule has 0 atom stereocenters. The predicted molar refractivity (Wildman–Crippen MR) is 80.7 cm³/mol. The van der Waals surface area contributed by atoms with Crippen molar-refractivity contribution < 1.29 is 9.18 Å². The summed E-state index contributed by atoms with van der Waals surface area (Å²) in [5.41, 5.74) is 7.64. The van der Waals surface area contributed by atoms with E-state index < -0.39 is 0 Å². The maximum absolute atomic E-state index is 12.6. The van der Waals surface area contributed by atoms with Gasteiger partial charge in [-0.15, -0.1) is 0 Å². The van der Waals surface area contributed by atoms with Gasteiger partial charge in [-0.1, -0.05) is 0 Å². The van der Waals surface area contributed by atoms with Crippen LogP contribution in [0.3, 0.4) is 0 Å². The number of carbonyl (C=O) groups excluding carboxylic acids is 1. The topological polar surface area (TPSA) is 60.0 Å². The normalized spacial score (nSPS) is 15.4. The number of hydrogen-bond donors (Lipinski definition) is 2. The summed E-state index contributed by atoms with van der Waals surface area (Å²) in [6.45, 7) is 0.613. The van der Waals surface area contributed by atoms with Crippen LogP contribution in [0.1, 0.15) is 23.2 Å². The molecule has 3 rings (SSSR count). The van der Waals surface area contributed by atoms with E-state index in [0.29, 0.717) is 30.1 Å². The van der Waals surface area contributed by atoms with Gasteiger partial charge < -0.3 is 15.6 Å². The maximum Gasteiger partial charge on any atom is 0.251 e. The predicted octanol–water partition coefficient (Wildman–Crippen LogP) is 2.35. The van der Waals surface area contributed by atoms with Gasteiger partial charge in [-0.2, -0.15) is 0 Å². The minimum absolute atomic E-state index is 0.0292. The minimum Gasteiger partial charge on any atom is -0.349 e. The first kappa shape index (κ1) is 13.8. The highest BCUT2D eigenvalue weighted by Gasteiger charge is 2.23. The lowest BCUT2D eigenvalue weighted by atomic mass is 10.1. The first-order valence-electron chi connectivity index (χ1n) is 7.09. The van der Waals surface area contributed by atoms with Crippen molar-refractivity contribution in [2.45, 2.75) is 25.4 Å². The molecule has 0 spiro atoms. The van der Waals surface area contributed by atoms with Gasteiger partial charge in [0.15, 0.2) is 0 Å². The average molecular weight is 287 g/mol. The highest BCUT2D eigenvalue weighted by atomic mass is 19.1. The van der Waals surface area contributed by atoms with Gasteiger partial charge in [-0.25, -0.2) is 4.39 Å². The van der Waals surface area contributed by atoms with Crippen LogP contribution in [0.5, 0.6) is 0 Å². The lowest BCUT2D eigenvalue weighted by Crippen LogP contribution is -2.25. The molecule has 1 aliphatic rings. The number of hydrogen-bond acceptors (Lipinski definition) is 2. The molecule has 0 unspecified atom stereocenters. The lowest BCUT2D eigenvalue weighted by Gasteiger charge is -2.08. The molecule has 21 heavy (non-hydrogen) atoms. The Morgan fingerprint density at radius 2 is 2.24 bits per heavy atom. The quantitative estimate of drug-likeness (QED) is 0.886. The summed E-state index contributed by atoms with van der Waals surface area (Å²) < 4.78 is 14.6. The van der Waals surface area contributed by atoms with E-state index in [4.69, 9.17) is 5.73 Å². The Labute approximate surface area is 122 Å². The molecular formula is C16H18FN3O. The number of carbonyl (C=O) groups is 1. The largest absolute Gasteiger partial charge is 0.349 e. The summed E-state index contributed by atoms with van der Waals surface area (Å²) in [7, 11) is 0. The second-order valence-electron chi connectivity index (χ2n) is 5.44. The Bertz CT molecular complexity index is 701. The van der Waals surface area contributed by atoms with E-state index in [2.05, 4.69) is 5.32 Å². The molecule has 1 aromatic carbocycles. The number of nitrogens with one attached hydrogen (secondary N) is 1. The number of fused-ring (bicyclic) bond motifs is 1. The van der Waals surface area contributed by atoms with Crippen molar-refractivity contribution in [2.24, 2.45) is 5.73 Å². The second-order valence-corrected chi connectivity index (χ2v) is 5.44. The molecule has 1 aliphatic carbocycles. The van der Waals surface area contributed by atoms with Crippen LogP contribution >= 0.6 is 0 Å². The van der Waals surface area contributed by atoms with Gasteiger partial charge in [0.2, 0.25) is 0 Å². The van der Waals surface area contributed by atoms with E-state index in [-0.39, 0.29) is 12.5 Å². The molecule has 1 saturated carbocycles. The van der Waals surface area contributed by atoms with E-state index in [0.717, 1.165) is 23.7 Å². The third kappa shape index (κ3) is 2.97. The number of benzene rings is 1. The standard InChI is InChI=1S/C16H18FN3O/c17-8-11(9-18)10-20-6-5-12-7-13(1-4-15(12)20)16(21)19-14-2-3-14/h1,4-8,14H,2-3,9-10,18H2,(H,19,21)/b11-8+. The number of nitrogens with two attached hydrogens (primary N) is 1. The molecular weight excluding hydrogens is 269 g/mol. The number of rotatable bonds is 5. The number of nitrogens with zero attached hydrogens (tertiary/aromatic N) is 1. The molecule has 2 aromatic rings. The van der Waals surface area contributed by atoms with Crippen LogP contribution in [-0.4, -0.2) is 23.1 Å². The van der Waals surface area contributed by atoms with Crippen LogP contribution in [0.2, 0.25) is 0 Å². The molecule has 0 bridgehead atoms. The summed E-state index contributed by atoms with van der Waals surface area (Å²) in [6.07, 6.45) is 4.58. The monoisotopic (exact) mass is 287 g/mol. The molecule has 0 radical (unpaired) electrons. The van der Waals surface area contributed by atoms with Gasteiger partial charge in [0, 0.05) is 41.8 Å². The number of aromatic nitrogens is 1. The lowest BCUT2D eigenvalue weighted by molar-refractivity contribution is 0.0951. The summed E-state index contributed by atoms with van der Waals surface area (Å²) in [6, 6.07) is 7.83.